The molecule has 0 saturated carbocycles. The van der Waals surface area contributed by atoms with Gasteiger partial charge in [0, 0.05) is 36.5 Å². The Hall–Kier alpha value is -1.49. The molecule has 1 aromatic heterocycles. The molecule has 0 spiro atoms. The van der Waals surface area contributed by atoms with Crippen molar-refractivity contribution in [1.82, 2.24) is 10.3 Å². The van der Waals surface area contributed by atoms with Gasteiger partial charge in [0.15, 0.2) is 0 Å². The molecule has 0 aliphatic rings. The molecule has 0 amide bonds. The van der Waals surface area contributed by atoms with Crippen LogP contribution in [-0.4, -0.2) is 22.5 Å². The third-order valence-electron chi connectivity index (χ3n) is 2.72. The lowest BCUT2D eigenvalue weighted by atomic mass is 9.99. The van der Waals surface area contributed by atoms with E-state index in [1.54, 1.807) is 6.07 Å². The summed E-state index contributed by atoms with van der Waals surface area (Å²) in [5.74, 6) is 0.591. The molecule has 1 atom stereocenters. The second kappa shape index (κ2) is 7.06. The van der Waals surface area contributed by atoms with Crippen LogP contribution >= 0.6 is 0 Å². The highest BCUT2D eigenvalue weighted by Gasteiger charge is 2.13. The van der Waals surface area contributed by atoms with Gasteiger partial charge in [0.25, 0.3) is 5.69 Å². The van der Waals surface area contributed by atoms with Crippen molar-refractivity contribution in [3.05, 3.63) is 34.1 Å². The highest BCUT2D eigenvalue weighted by Crippen LogP contribution is 2.14. The largest absolute Gasteiger partial charge is 0.314 e. The predicted octanol–water partition coefficient (Wildman–Crippen LogP) is 2.56. The molecule has 0 fully saturated rings. The molecule has 1 unspecified atom stereocenters. The van der Waals surface area contributed by atoms with E-state index < -0.39 is 0 Å². The minimum absolute atomic E-state index is 0.111. The highest BCUT2D eigenvalue weighted by molar-refractivity contribution is 5.29. The molecule has 5 heteroatoms. The molecule has 0 saturated heterocycles. The van der Waals surface area contributed by atoms with Gasteiger partial charge < -0.3 is 5.32 Å². The van der Waals surface area contributed by atoms with E-state index in [0.29, 0.717) is 12.0 Å². The van der Waals surface area contributed by atoms with Gasteiger partial charge in [0.05, 0.1) is 4.92 Å². The first kappa shape index (κ1) is 14.6. The maximum absolute atomic E-state index is 10.7. The molecular weight excluding hydrogens is 230 g/mol. The number of nitro groups is 1. The number of likely N-dealkylation sites (N-methyl/N-ethyl adjacent to an activating group) is 1. The van der Waals surface area contributed by atoms with Crippen LogP contribution in [-0.2, 0) is 6.42 Å². The van der Waals surface area contributed by atoms with Crippen LogP contribution in [0.1, 0.15) is 32.9 Å². The molecule has 5 nitrogen and oxygen atoms in total. The van der Waals surface area contributed by atoms with E-state index >= 15 is 0 Å². The Morgan fingerprint density at radius 1 is 1.50 bits per heavy atom. The number of rotatable bonds is 7. The molecule has 18 heavy (non-hydrogen) atoms. The van der Waals surface area contributed by atoms with Crippen molar-refractivity contribution in [2.45, 2.75) is 39.7 Å². The first-order chi connectivity index (χ1) is 8.52. The summed E-state index contributed by atoms with van der Waals surface area (Å²) < 4.78 is 0. The molecule has 100 valence electrons. The number of hydrogen-bond donors (Lipinski definition) is 1. The van der Waals surface area contributed by atoms with Gasteiger partial charge in [-0.3, -0.25) is 15.1 Å². The van der Waals surface area contributed by atoms with Crippen LogP contribution in [0.3, 0.4) is 0 Å². The van der Waals surface area contributed by atoms with Crippen LogP contribution in [0.2, 0.25) is 0 Å². The predicted molar refractivity (Wildman–Crippen MR) is 71.5 cm³/mol. The van der Waals surface area contributed by atoms with Gasteiger partial charge in [-0.25, -0.2) is 0 Å². The summed E-state index contributed by atoms with van der Waals surface area (Å²) in [4.78, 5) is 14.5. The lowest BCUT2D eigenvalue weighted by molar-refractivity contribution is -0.385. The molecule has 1 aromatic rings. The minimum atomic E-state index is -0.379. The fourth-order valence-corrected chi connectivity index (χ4v) is 2.04. The van der Waals surface area contributed by atoms with Gasteiger partial charge in [-0.15, -0.1) is 0 Å². The monoisotopic (exact) mass is 251 g/mol. The minimum Gasteiger partial charge on any atom is -0.314 e. The molecule has 0 aromatic carbocycles. The summed E-state index contributed by atoms with van der Waals surface area (Å²) in [6.45, 7) is 7.30. The van der Waals surface area contributed by atoms with Crippen molar-refractivity contribution >= 4 is 5.69 Å². The summed E-state index contributed by atoms with van der Waals surface area (Å²) in [5, 5.41) is 14.1. The topological polar surface area (TPSA) is 68.1 Å². The van der Waals surface area contributed by atoms with Crippen molar-refractivity contribution in [1.29, 1.82) is 0 Å². The van der Waals surface area contributed by atoms with Crippen molar-refractivity contribution in [2.75, 3.05) is 6.54 Å². The molecule has 1 heterocycles. The molecule has 0 radical (unpaired) electrons. The number of aromatic nitrogens is 1. The van der Waals surface area contributed by atoms with Gasteiger partial charge >= 0.3 is 0 Å². The van der Waals surface area contributed by atoms with Gasteiger partial charge in [-0.2, -0.15) is 0 Å². The summed E-state index contributed by atoms with van der Waals surface area (Å²) in [6, 6.07) is 3.31. The van der Waals surface area contributed by atoms with Crippen molar-refractivity contribution in [3.63, 3.8) is 0 Å². The Bertz CT molecular complexity index is 394. The lowest BCUT2D eigenvalue weighted by Gasteiger charge is -2.19. The van der Waals surface area contributed by atoms with Crippen LogP contribution in [0.4, 0.5) is 5.69 Å². The van der Waals surface area contributed by atoms with E-state index in [-0.39, 0.29) is 10.6 Å². The van der Waals surface area contributed by atoms with Crippen molar-refractivity contribution in [2.24, 2.45) is 5.92 Å². The molecule has 0 bridgehead atoms. The average Bonchev–Trinajstić information content (AvgIpc) is 2.28. The SMILES string of the molecule is CCNC(Cc1cc([N+](=O)[O-])ccn1)CC(C)C. The highest BCUT2D eigenvalue weighted by atomic mass is 16.6. The summed E-state index contributed by atoms with van der Waals surface area (Å²) in [6.07, 6.45) is 3.28. The molecule has 1 N–H and O–H groups in total. The van der Waals surface area contributed by atoms with E-state index in [0.717, 1.165) is 25.1 Å². The number of pyridine rings is 1. The second-order valence-corrected chi connectivity index (χ2v) is 4.85. The number of nitrogens with zero attached hydrogens (tertiary/aromatic N) is 2. The van der Waals surface area contributed by atoms with E-state index in [2.05, 4.69) is 31.1 Å². The Balaban J connectivity index is 2.73. The standard InChI is InChI=1S/C13H21N3O2/c1-4-14-11(7-10(2)3)8-12-9-13(16(17)18)5-6-15-12/h5-6,9-11,14H,4,7-8H2,1-3H3. The third-order valence-corrected chi connectivity index (χ3v) is 2.72. The first-order valence-electron chi connectivity index (χ1n) is 6.35. The fourth-order valence-electron chi connectivity index (χ4n) is 2.04. The van der Waals surface area contributed by atoms with Gasteiger partial charge in [-0.1, -0.05) is 20.8 Å². The van der Waals surface area contributed by atoms with Crippen LogP contribution in [0, 0.1) is 16.0 Å². The molecule has 0 aliphatic heterocycles. The summed E-state index contributed by atoms with van der Waals surface area (Å²) in [5.41, 5.74) is 0.885. The number of hydrogen-bond acceptors (Lipinski definition) is 4. The molecular formula is C13H21N3O2. The quantitative estimate of drug-likeness (QED) is 0.597. The summed E-state index contributed by atoms with van der Waals surface area (Å²) >= 11 is 0. The smallest absolute Gasteiger partial charge is 0.272 e. The van der Waals surface area contributed by atoms with Crippen LogP contribution < -0.4 is 5.32 Å². The van der Waals surface area contributed by atoms with Gasteiger partial charge in [0.2, 0.25) is 0 Å². The van der Waals surface area contributed by atoms with Gasteiger partial charge in [-0.05, 0) is 18.9 Å². The second-order valence-electron chi connectivity index (χ2n) is 4.85. The third kappa shape index (κ3) is 4.79. The molecule has 1 rings (SSSR count). The first-order valence-corrected chi connectivity index (χ1v) is 6.35. The maximum atomic E-state index is 10.7. The average molecular weight is 251 g/mol. The van der Waals surface area contributed by atoms with Crippen molar-refractivity contribution < 1.29 is 4.92 Å². The maximum Gasteiger partial charge on any atom is 0.272 e. The zero-order valence-corrected chi connectivity index (χ0v) is 11.2. The Kier molecular flexibility index (Phi) is 5.71. The van der Waals surface area contributed by atoms with E-state index in [4.69, 9.17) is 0 Å². The Morgan fingerprint density at radius 2 is 2.22 bits per heavy atom. The van der Waals surface area contributed by atoms with E-state index in [9.17, 15) is 10.1 Å². The van der Waals surface area contributed by atoms with Crippen LogP contribution in [0.15, 0.2) is 18.3 Å². The van der Waals surface area contributed by atoms with Crippen molar-refractivity contribution in [3.8, 4) is 0 Å². The zero-order chi connectivity index (χ0) is 13.5. The zero-order valence-electron chi connectivity index (χ0n) is 11.2. The van der Waals surface area contributed by atoms with E-state index in [1.807, 2.05) is 0 Å². The van der Waals surface area contributed by atoms with Crippen LogP contribution in [0.5, 0.6) is 0 Å². The Labute approximate surface area is 108 Å². The number of nitrogens with one attached hydrogen (secondary N) is 1. The van der Waals surface area contributed by atoms with Gasteiger partial charge in [0.1, 0.15) is 0 Å². The van der Waals surface area contributed by atoms with Crippen LogP contribution in [0.25, 0.3) is 0 Å². The summed E-state index contributed by atoms with van der Waals surface area (Å²) in [7, 11) is 0. The Morgan fingerprint density at radius 3 is 2.78 bits per heavy atom. The van der Waals surface area contributed by atoms with E-state index in [1.165, 1.54) is 12.3 Å². The normalized spacial score (nSPS) is 12.7. The molecule has 0 aliphatic carbocycles. The lowest BCUT2D eigenvalue weighted by Crippen LogP contribution is -2.32. The fraction of sp³-hybridized carbons (Fsp3) is 0.615.